The van der Waals surface area contributed by atoms with Gasteiger partial charge in [0, 0.05) is 37.3 Å². The number of ether oxygens (including phenoxy) is 1. The second kappa shape index (κ2) is 8.92. The molecule has 4 N–H and O–H groups in total. The van der Waals surface area contributed by atoms with Crippen LogP contribution in [0.1, 0.15) is 31.4 Å². The van der Waals surface area contributed by atoms with Crippen molar-refractivity contribution in [2.24, 2.45) is 22.4 Å². The molecule has 0 amide bonds. The molecule has 1 saturated carbocycles. The Morgan fingerprint density at radius 1 is 1.36 bits per heavy atom. The first-order chi connectivity index (χ1) is 12.3. The zero-order valence-corrected chi connectivity index (χ0v) is 14.7. The summed E-state index contributed by atoms with van der Waals surface area (Å²) in [6.07, 6.45) is 9.83. The highest BCUT2D eigenvalue weighted by molar-refractivity contribution is 6.08. The molecule has 0 spiro atoms. The van der Waals surface area contributed by atoms with E-state index in [0.29, 0.717) is 19.3 Å². The molecule has 1 aliphatic heterocycles. The summed E-state index contributed by atoms with van der Waals surface area (Å²) >= 11 is 0. The lowest BCUT2D eigenvalue weighted by Gasteiger charge is -2.32. The third-order valence-corrected chi connectivity index (χ3v) is 4.86. The van der Waals surface area contributed by atoms with Crippen LogP contribution in [0, 0.1) is 5.92 Å². The predicted octanol–water partition coefficient (Wildman–Crippen LogP) is 1.20. The largest absolute Gasteiger partial charge is 0.404 e. The van der Waals surface area contributed by atoms with Gasteiger partial charge in [0.15, 0.2) is 0 Å². The lowest BCUT2D eigenvalue weighted by Crippen LogP contribution is -2.37. The first-order valence-electron chi connectivity index (χ1n) is 9.11. The molecule has 0 aromatic carbocycles. The molecule has 3 rings (SSSR count). The molecule has 0 bridgehead atoms. The summed E-state index contributed by atoms with van der Waals surface area (Å²) in [6.45, 7) is 3.82. The molecule has 0 atom stereocenters. The summed E-state index contributed by atoms with van der Waals surface area (Å²) in [5.74, 6) is 1.50. The van der Waals surface area contributed by atoms with Gasteiger partial charge in [-0.15, -0.1) is 0 Å². The highest BCUT2D eigenvalue weighted by Gasteiger charge is 2.27. The number of morpholine rings is 1. The number of hydrogen-bond donors (Lipinski definition) is 2. The van der Waals surface area contributed by atoms with Gasteiger partial charge in [0.25, 0.3) is 0 Å². The Balaban J connectivity index is 1.59. The maximum Gasteiger partial charge on any atom is 0.226 e. The van der Waals surface area contributed by atoms with Crippen molar-refractivity contribution in [2.75, 3.05) is 37.7 Å². The first kappa shape index (κ1) is 17.8. The smallest absolute Gasteiger partial charge is 0.226 e. The lowest BCUT2D eigenvalue weighted by molar-refractivity contribution is 0.122. The standard InChI is InChI=1S/C18H28N6O/c19-4-1-2-14-10-16(11-14)22-13-15(12-20)17-3-5-21-18(23-17)24-6-8-25-9-7-24/h3,5,12-14,16H,1-2,4,6-11,19-20H2. The Bertz CT molecular complexity index is 605. The van der Waals surface area contributed by atoms with E-state index in [4.69, 9.17) is 16.2 Å². The number of nitrogens with zero attached hydrogens (tertiary/aromatic N) is 4. The van der Waals surface area contributed by atoms with Gasteiger partial charge in [-0.05, 0) is 44.2 Å². The minimum atomic E-state index is 0.401. The van der Waals surface area contributed by atoms with Crippen molar-refractivity contribution in [3.8, 4) is 0 Å². The monoisotopic (exact) mass is 344 g/mol. The van der Waals surface area contributed by atoms with Gasteiger partial charge < -0.3 is 21.1 Å². The van der Waals surface area contributed by atoms with Gasteiger partial charge in [-0.1, -0.05) is 0 Å². The zero-order chi connectivity index (χ0) is 17.5. The number of hydrogen-bond acceptors (Lipinski definition) is 7. The van der Waals surface area contributed by atoms with Crippen molar-refractivity contribution >= 4 is 17.7 Å². The molecule has 1 saturated heterocycles. The van der Waals surface area contributed by atoms with Crippen molar-refractivity contribution in [3.05, 3.63) is 24.2 Å². The summed E-state index contributed by atoms with van der Waals surface area (Å²) in [5, 5.41) is 0. The van der Waals surface area contributed by atoms with Crippen LogP contribution < -0.4 is 16.4 Å². The number of allylic oxidation sites excluding steroid dienone is 1. The van der Waals surface area contributed by atoms with Gasteiger partial charge in [-0.3, -0.25) is 4.99 Å². The summed E-state index contributed by atoms with van der Waals surface area (Å²) in [4.78, 5) is 15.8. The predicted molar refractivity (Wildman–Crippen MR) is 101 cm³/mol. The molecule has 2 fully saturated rings. The summed E-state index contributed by atoms with van der Waals surface area (Å²) < 4.78 is 5.38. The first-order valence-corrected chi connectivity index (χ1v) is 9.11. The Morgan fingerprint density at radius 2 is 2.16 bits per heavy atom. The molecule has 1 aromatic rings. The maximum atomic E-state index is 5.81. The van der Waals surface area contributed by atoms with E-state index in [2.05, 4.69) is 19.9 Å². The van der Waals surface area contributed by atoms with E-state index >= 15 is 0 Å². The van der Waals surface area contributed by atoms with E-state index in [9.17, 15) is 0 Å². The highest BCUT2D eigenvalue weighted by Crippen LogP contribution is 2.33. The molecule has 25 heavy (non-hydrogen) atoms. The van der Waals surface area contributed by atoms with Crippen molar-refractivity contribution in [1.29, 1.82) is 0 Å². The molecule has 2 aliphatic rings. The van der Waals surface area contributed by atoms with Crippen LogP contribution in [-0.4, -0.2) is 55.1 Å². The molecule has 7 nitrogen and oxygen atoms in total. The van der Waals surface area contributed by atoms with Crippen LogP contribution in [0.3, 0.4) is 0 Å². The third kappa shape index (κ3) is 4.76. The Hall–Kier alpha value is -1.99. The zero-order valence-electron chi connectivity index (χ0n) is 14.7. The summed E-state index contributed by atoms with van der Waals surface area (Å²) in [6, 6.07) is 2.28. The molecule has 2 heterocycles. The summed E-state index contributed by atoms with van der Waals surface area (Å²) in [7, 11) is 0. The van der Waals surface area contributed by atoms with Gasteiger partial charge in [-0.2, -0.15) is 0 Å². The van der Waals surface area contributed by atoms with Gasteiger partial charge in [0.1, 0.15) is 0 Å². The van der Waals surface area contributed by atoms with Crippen LogP contribution >= 0.6 is 0 Å². The van der Waals surface area contributed by atoms with Crippen molar-refractivity contribution in [2.45, 2.75) is 31.7 Å². The second-order valence-electron chi connectivity index (χ2n) is 6.66. The van der Waals surface area contributed by atoms with E-state index in [1.165, 1.54) is 6.42 Å². The maximum absolute atomic E-state index is 5.81. The number of anilines is 1. The molecule has 0 radical (unpaired) electrons. The quantitative estimate of drug-likeness (QED) is 0.721. The van der Waals surface area contributed by atoms with Crippen LogP contribution in [0.5, 0.6) is 0 Å². The Kier molecular flexibility index (Phi) is 6.36. The molecule has 1 aliphatic carbocycles. The number of aliphatic imine (C=N–C) groups is 1. The molecular weight excluding hydrogens is 316 g/mol. The minimum Gasteiger partial charge on any atom is -0.404 e. The lowest BCUT2D eigenvalue weighted by atomic mass is 9.78. The number of nitrogens with two attached hydrogens (primary N) is 2. The summed E-state index contributed by atoms with van der Waals surface area (Å²) in [5.41, 5.74) is 13.0. The highest BCUT2D eigenvalue weighted by atomic mass is 16.5. The van der Waals surface area contributed by atoms with Gasteiger partial charge >= 0.3 is 0 Å². The normalized spacial score (nSPS) is 24.5. The average molecular weight is 344 g/mol. The Morgan fingerprint density at radius 3 is 2.88 bits per heavy atom. The number of rotatable bonds is 7. The van der Waals surface area contributed by atoms with E-state index < -0.39 is 0 Å². The SMILES string of the molecule is NC=C(C=NC1CC(CCCN)C1)c1ccnc(N2CCOCC2)n1. The van der Waals surface area contributed by atoms with Gasteiger partial charge in [0.05, 0.1) is 24.9 Å². The topological polar surface area (TPSA) is 103 Å². The molecule has 0 unspecified atom stereocenters. The fraction of sp³-hybridized carbons (Fsp3) is 0.611. The molecule has 1 aromatic heterocycles. The van der Waals surface area contributed by atoms with Crippen LogP contribution in [0.4, 0.5) is 5.95 Å². The van der Waals surface area contributed by atoms with Crippen LogP contribution in [0.25, 0.3) is 5.57 Å². The van der Waals surface area contributed by atoms with Crippen LogP contribution in [-0.2, 0) is 4.74 Å². The van der Waals surface area contributed by atoms with Crippen LogP contribution in [0.2, 0.25) is 0 Å². The van der Waals surface area contributed by atoms with E-state index in [-0.39, 0.29) is 0 Å². The molecular formula is C18H28N6O. The van der Waals surface area contributed by atoms with Crippen molar-refractivity contribution in [3.63, 3.8) is 0 Å². The fourth-order valence-electron chi connectivity index (χ4n) is 3.27. The molecule has 136 valence electrons. The average Bonchev–Trinajstić information content (AvgIpc) is 2.64. The van der Waals surface area contributed by atoms with Crippen molar-refractivity contribution < 1.29 is 4.74 Å². The van der Waals surface area contributed by atoms with Crippen molar-refractivity contribution in [1.82, 2.24) is 9.97 Å². The van der Waals surface area contributed by atoms with E-state index in [1.54, 1.807) is 12.4 Å². The molecule has 7 heteroatoms. The Labute approximate surface area is 149 Å². The van der Waals surface area contributed by atoms with Gasteiger partial charge in [-0.25, -0.2) is 9.97 Å². The minimum absolute atomic E-state index is 0.401. The number of aromatic nitrogens is 2. The van der Waals surface area contributed by atoms with Gasteiger partial charge in [0.2, 0.25) is 5.95 Å². The van der Waals surface area contributed by atoms with E-state index in [1.807, 2.05) is 12.3 Å². The fourth-order valence-corrected chi connectivity index (χ4v) is 3.27. The third-order valence-electron chi connectivity index (χ3n) is 4.86. The van der Waals surface area contributed by atoms with Crippen LogP contribution in [0.15, 0.2) is 23.5 Å². The van der Waals surface area contributed by atoms with E-state index in [0.717, 1.165) is 62.0 Å². The second-order valence-corrected chi connectivity index (χ2v) is 6.66.